The highest BCUT2D eigenvalue weighted by atomic mass is 16.5. The summed E-state index contributed by atoms with van der Waals surface area (Å²) in [5.41, 5.74) is 2.93. The molecule has 0 bridgehead atoms. The van der Waals surface area contributed by atoms with E-state index in [1.807, 2.05) is 0 Å². The van der Waals surface area contributed by atoms with Gasteiger partial charge in [-0.2, -0.15) is 0 Å². The molecule has 0 amide bonds. The fraction of sp³-hybridized carbons (Fsp3) is 1.00. The molecule has 3 atom stereocenters. The molecule has 15 heavy (non-hydrogen) atoms. The predicted molar refractivity (Wildman–Crippen MR) is 58.2 cm³/mol. The SMILES string of the molecule is NNC(CCC1CCCO1)C1CCOC1. The third-order valence-electron chi connectivity index (χ3n) is 3.57. The van der Waals surface area contributed by atoms with Crippen molar-refractivity contribution in [3.8, 4) is 0 Å². The van der Waals surface area contributed by atoms with Crippen molar-refractivity contribution < 1.29 is 9.47 Å². The molecule has 0 aromatic heterocycles. The lowest BCUT2D eigenvalue weighted by Gasteiger charge is -2.22. The Bertz CT molecular complexity index is 177. The monoisotopic (exact) mass is 214 g/mol. The van der Waals surface area contributed by atoms with Gasteiger partial charge < -0.3 is 9.47 Å². The van der Waals surface area contributed by atoms with Gasteiger partial charge in [-0.15, -0.1) is 0 Å². The van der Waals surface area contributed by atoms with Crippen molar-refractivity contribution in [2.24, 2.45) is 11.8 Å². The van der Waals surface area contributed by atoms with E-state index >= 15 is 0 Å². The highest BCUT2D eigenvalue weighted by Crippen LogP contribution is 2.23. The second-order valence-corrected chi connectivity index (χ2v) is 4.61. The molecule has 2 fully saturated rings. The van der Waals surface area contributed by atoms with E-state index in [9.17, 15) is 0 Å². The van der Waals surface area contributed by atoms with E-state index in [0.717, 1.165) is 39.1 Å². The van der Waals surface area contributed by atoms with Gasteiger partial charge in [0.1, 0.15) is 0 Å². The molecule has 4 heteroatoms. The zero-order chi connectivity index (χ0) is 10.5. The van der Waals surface area contributed by atoms with E-state index in [4.69, 9.17) is 15.3 Å². The summed E-state index contributed by atoms with van der Waals surface area (Å²) >= 11 is 0. The van der Waals surface area contributed by atoms with Crippen molar-refractivity contribution in [1.82, 2.24) is 5.43 Å². The third kappa shape index (κ3) is 3.14. The lowest BCUT2D eigenvalue weighted by atomic mass is 9.94. The molecular formula is C11H22N2O2. The largest absolute Gasteiger partial charge is 0.381 e. The normalized spacial score (nSPS) is 33.4. The summed E-state index contributed by atoms with van der Waals surface area (Å²) in [5.74, 6) is 6.18. The van der Waals surface area contributed by atoms with Crippen LogP contribution in [0, 0.1) is 5.92 Å². The molecule has 0 aromatic rings. The fourth-order valence-corrected chi connectivity index (χ4v) is 2.56. The van der Waals surface area contributed by atoms with Crippen molar-refractivity contribution >= 4 is 0 Å². The van der Waals surface area contributed by atoms with E-state index < -0.39 is 0 Å². The zero-order valence-electron chi connectivity index (χ0n) is 9.28. The van der Waals surface area contributed by atoms with Crippen molar-refractivity contribution in [3.05, 3.63) is 0 Å². The number of nitrogens with one attached hydrogen (secondary N) is 1. The van der Waals surface area contributed by atoms with Gasteiger partial charge in [0.15, 0.2) is 0 Å². The molecule has 2 saturated heterocycles. The van der Waals surface area contributed by atoms with Crippen LogP contribution >= 0.6 is 0 Å². The first kappa shape index (κ1) is 11.3. The van der Waals surface area contributed by atoms with Gasteiger partial charge in [-0.25, -0.2) is 0 Å². The second-order valence-electron chi connectivity index (χ2n) is 4.61. The molecule has 2 aliphatic heterocycles. The summed E-state index contributed by atoms with van der Waals surface area (Å²) in [7, 11) is 0. The van der Waals surface area contributed by atoms with Gasteiger partial charge >= 0.3 is 0 Å². The summed E-state index contributed by atoms with van der Waals surface area (Å²) in [4.78, 5) is 0. The van der Waals surface area contributed by atoms with Gasteiger partial charge in [-0.1, -0.05) is 0 Å². The van der Waals surface area contributed by atoms with Crippen molar-refractivity contribution in [2.45, 2.75) is 44.2 Å². The summed E-state index contributed by atoms with van der Waals surface area (Å²) in [6.45, 7) is 2.70. The van der Waals surface area contributed by atoms with Crippen molar-refractivity contribution in [1.29, 1.82) is 0 Å². The number of hydrogen-bond acceptors (Lipinski definition) is 4. The van der Waals surface area contributed by atoms with Gasteiger partial charge in [0.25, 0.3) is 0 Å². The molecule has 2 rings (SSSR count). The molecule has 88 valence electrons. The molecule has 0 aliphatic carbocycles. The zero-order valence-corrected chi connectivity index (χ0v) is 9.28. The number of nitrogens with two attached hydrogens (primary N) is 1. The van der Waals surface area contributed by atoms with Crippen LogP contribution in [-0.2, 0) is 9.47 Å². The molecular weight excluding hydrogens is 192 g/mol. The third-order valence-corrected chi connectivity index (χ3v) is 3.57. The van der Waals surface area contributed by atoms with E-state index in [2.05, 4.69) is 5.43 Å². The quantitative estimate of drug-likeness (QED) is 0.525. The average molecular weight is 214 g/mol. The topological polar surface area (TPSA) is 56.5 Å². The predicted octanol–water partition coefficient (Wildman–Crippen LogP) is 0.814. The standard InChI is InChI=1S/C11H22N2O2/c12-13-11(9-5-7-14-8-9)4-3-10-2-1-6-15-10/h9-11,13H,1-8,12H2. The molecule has 0 radical (unpaired) electrons. The van der Waals surface area contributed by atoms with Gasteiger partial charge in [0.05, 0.1) is 12.7 Å². The first-order chi connectivity index (χ1) is 7.40. The smallest absolute Gasteiger partial charge is 0.0576 e. The highest BCUT2D eigenvalue weighted by Gasteiger charge is 2.26. The van der Waals surface area contributed by atoms with Crippen LogP contribution in [0.15, 0.2) is 0 Å². The Morgan fingerprint density at radius 1 is 1.33 bits per heavy atom. The van der Waals surface area contributed by atoms with Crippen LogP contribution in [-0.4, -0.2) is 32.0 Å². The van der Waals surface area contributed by atoms with Crippen LogP contribution in [0.1, 0.15) is 32.1 Å². The van der Waals surface area contributed by atoms with E-state index in [1.54, 1.807) is 0 Å². The van der Waals surface area contributed by atoms with E-state index in [1.165, 1.54) is 12.8 Å². The number of rotatable bonds is 5. The number of hydrogen-bond donors (Lipinski definition) is 2. The lowest BCUT2D eigenvalue weighted by Crippen LogP contribution is -2.41. The highest BCUT2D eigenvalue weighted by molar-refractivity contribution is 4.79. The summed E-state index contributed by atoms with van der Waals surface area (Å²) < 4.78 is 11.0. The maximum Gasteiger partial charge on any atom is 0.0576 e. The van der Waals surface area contributed by atoms with Gasteiger partial charge in [0, 0.05) is 25.2 Å². The van der Waals surface area contributed by atoms with Crippen molar-refractivity contribution in [2.75, 3.05) is 19.8 Å². The number of hydrazine groups is 1. The van der Waals surface area contributed by atoms with Crippen LogP contribution in [0.25, 0.3) is 0 Å². The summed E-state index contributed by atoms with van der Waals surface area (Å²) in [6.07, 6.45) is 6.29. The van der Waals surface area contributed by atoms with E-state index in [0.29, 0.717) is 18.1 Å². The Kier molecular flexibility index (Phi) is 4.38. The molecule has 3 N–H and O–H groups in total. The maximum absolute atomic E-state index is 5.61. The van der Waals surface area contributed by atoms with Crippen LogP contribution in [0.5, 0.6) is 0 Å². The Labute approximate surface area is 91.5 Å². The van der Waals surface area contributed by atoms with Crippen LogP contribution in [0.3, 0.4) is 0 Å². The van der Waals surface area contributed by atoms with Crippen molar-refractivity contribution in [3.63, 3.8) is 0 Å². The Morgan fingerprint density at radius 2 is 2.27 bits per heavy atom. The summed E-state index contributed by atoms with van der Waals surface area (Å²) in [5, 5.41) is 0. The molecule has 0 saturated carbocycles. The first-order valence-electron chi connectivity index (χ1n) is 6.05. The molecule has 0 aromatic carbocycles. The minimum atomic E-state index is 0.400. The number of ether oxygens (including phenoxy) is 2. The summed E-state index contributed by atoms with van der Waals surface area (Å²) in [6, 6.07) is 0.400. The molecule has 0 spiro atoms. The van der Waals surface area contributed by atoms with Gasteiger partial charge in [-0.3, -0.25) is 11.3 Å². The second kappa shape index (κ2) is 5.80. The minimum Gasteiger partial charge on any atom is -0.381 e. The first-order valence-corrected chi connectivity index (χ1v) is 6.05. The fourth-order valence-electron chi connectivity index (χ4n) is 2.56. The molecule has 3 unspecified atom stereocenters. The lowest BCUT2D eigenvalue weighted by molar-refractivity contribution is 0.0959. The van der Waals surface area contributed by atoms with E-state index in [-0.39, 0.29) is 0 Å². The van der Waals surface area contributed by atoms with Gasteiger partial charge in [-0.05, 0) is 32.1 Å². The Hall–Kier alpha value is -0.160. The molecule has 4 nitrogen and oxygen atoms in total. The maximum atomic E-state index is 5.61. The molecule has 2 heterocycles. The van der Waals surface area contributed by atoms with Gasteiger partial charge in [0.2, 0.25) is 0 Å². The van der Waals surface area contributed by atoms with Crippen LogP contribution < -0.4 is 11.3 Å². The van der Waals surface area contributed by atoms with Crippen LogP contribution in [0.2, 0.25) is 0 Å². The Morgan fingerprint density at radius 3 is 2.87 bits per heavy atom. The molecule has 2 aliphatic rings. The Balaban J connectivity index is 1.69. The minimum absolute atomic E-state index is 0.400. The van der Waals surface area contributed by atoms with Crippen LogP contribution in [0.4, 0.5) is 0 Å². The average Bonchev–Trinajstić information content (AvgIpc) is 2.90.